The number of aromatic hydroxyl groups is 1. The van der Waals surface area contributed by atoms with E-state index in [0.717, 1.165) is 24.5 Å². The summed E-state index contributed by atoms with van der Waals surface area (Å²) in [6, 6.07) is 10.5. The number of ether oxygens (including phenoxy) is 1. The van der Waals surface area contributed by atoms with Gasteiger partial charge in [-0.2, -0.15) is 5.11 Å². The number of rotatable bonds is 7. The summed E-state index contributed by atoms with van der Waals surface area (Å²) >= 11 is 0. The highest BCUT2D eigenvalue weighted by Gasteiger charge is 2.28. The molecule has 2 aliphatic heterocycles. The zero-order chi connectivity index (χ0) is 20.9. The van der Waals surface area contributed by atoms with Crippen molar-refractivity contribution in [2.75, 3.05) is 36.5 Å². The normalized spacial score (nSPS) is 17.9. The number of nitrogens with one attached hydrogen (secondary N) is 2. The van der Waals surface area contributed by atoms with Crippen LogP contribution in [-0.2, 0) is 16.1 Å². The van der Waals surface area contributed by atoms with Crippen LogP contribution in [0.25, 0.3) is 0 Å². The van der Waals surface area contributed by atoms with Crippen molar-refractivity contribution in [1.82, 2.24) is 10.3 Å². The first-order chi connectivity index (χ1) is 14.6. The van der Waals surface area contributed by atoms with E-state index < -0.39 is 12.1 Å². The molecule has 1 amide bonds. The van der Waals surface area contributed by atoms with Gasteiger partial charge in [-0.3, -0.25) is 4.79 Å². The molecule has 1 aromatic heterocycles. The third-order valence-electron chi connectivity index (χ3n) is 4.85. The van der Waals surface area contributed by atoms with Crippen molar-refractivity contribution >= 4 is 29.8 Å². The Labute approximate surface area is 185 Å². The van der Waals surface area contributed by atoms with Crippen molar-refractivity contribution in [3.05, 3.63) is 59.6 Å². The highest BCUT2D eigenvalue weighted by Crippen LogP contribution is 2.24. The van der Waals surface area contributed by atoms with Crippen LogP contribution in [0.15, 0.2) is 64.2 Å². The van der Waals surface area contributed by atoms with Crippen LogP contribution in [-0.4, -0.2) is 48.5 Å². The molecule has 11 heteroatoms. The van der Waals surface area contributed by atoms with E-state index in [1.165, 1.54) is 0 Å². The fraction of sp³-hybridized carbons (Fsp3) is 0.300. The molecule has 0 bridgehead atoms. The molecule has 2 aromatic rings. The Morgan fingerprint density at radius 3 is 2.58 bits per heavy atom. The topological polar surface area (TPSA) is 137 Å². The minimum absolute atomic E-state index is 0. The van der Waals surface area contributed by atoms with Crippen LogP contribution in [0.3, 0.4) is 0 Å². The maximum atomic E-state index is 12.0. The number of morpholine rings is 1. The van der Waals surface area contributed by atoms with Crippen LogP contribution in [0.2, 0.25) is 0 Å². The molecule has 1 fully saturated rings. The van der Waals surface area contributed by atoms with E-state index >= 15 is 0 Å². The number of amides is 1. The average Bonchev–Trinajstić information content (AvgIpc) is 3.17. The van der Waals surface area contributed by atoms with E-state index in [1.54, 1.807) is 30.5 Å². The quantitative estimate of drug-likeness (QED) is 0.509. The number of halogens is 1. The van der Waals surface area contributed by atoms with Gasteiger partial charge in [0, 0.05) is 19.6 Å². The van der Waals surface area contributed by atoms with E-state index in [4.69, 9.17) is 10.5 Å². The molecule has 1 atom stereocenters. The molecule has 31 heavy (non-hydrogen) atoms. The number of azo groups is 1. The maximum Gasteiger partial charge on any atom is 0.252 e. The van der Waals surface area contributed by atoms with Crippen LogP contribution in [0.4, 0.5) is 11.5 Å². The Balaban J connectivity index is 0.00000272. The van der Waals surface area contributed by atoms with E-state index in [9.17, 15) is 9.90 Å². The third kappa shape index (κ3) is 5.41. The van der Waals surface area contributed by atoms with Gasteiger partial charge < -0.3 is 31.1 Å². The number of phenols is 1. The number of primary amides is 1. The summed E-state index contributed by atoms with van der Waals surface area (Å²) in [6.45, 7) is 3.41. The van der Waals surface area contributed by atoms with Crippen molar-refractivity contribution in [1.29, 1.82) is 0 Å². The van der Waals surface area contributed by atoms with Gasteiger partial charge in [-0.15, -0.1) is 17.5 Å². The molecule has 2 aliphatic rings. The van der Waals surface area contributed by atoms with Crippen LogP contribution in [0.5, 0.6) is 5.75 Å². The molecule has 164 valence electrons. The van der Waals surface area contributed by atoms with Gasteiger partial charge in [0.05, 0.1) is 25.1 Å². The predicted molar refractivity (Wildman–Crippen MR) is 118 cm³/mol. The number of hydrogen-bond donors (Lipinski definition) is 4. The largest absolute Gasteiger partial charge is 0.508 e. The van der Waals surface area contributed by atoms with Gasteiger partial charge in [-0.25, -0.2) is 4.98 Å². The molecule has 1 unspecified atom stereocenters. The first kappa shape index (κ1) is 22.3. The fourth-order valence-electron chi connectivity index (χ4n) is 3.25. The lowest BCUT2D eigenvalue weighted by atomic mass is 10.1. The second kappa shape index (κ2) is 10.1. The van der Waals surface area contributed by atoms with Crippen molar-refractivity contribution < 1.29 is 14.6 Å². The minimum Gasteiger partial charge on any atom is -0.508 e. The molecule has 0 radical (unpaired) electrons. The summed E-state index contributed by atoms with van der Waals surface area (Å²) in [4.78, 5) is 18.7. The highest BCUT2D eigenvalue weighted by atomic mass is 35.5. The van der Waals surface area contributed by atoms with Crippen LogP contribution >= 0.6 is 12.4 Å². The van der Waals surface area contributed by atoms with Gasteiger partial charge >= 0.3 is 0 Å². The Hall–Kier alpha value is -3.37. The summed E-state index contributed by atoms with van der Waals surface area (Å²) in [5.74, 6) is 0.780. The van der Waals surface area contributed by atoms with Gasteiger partial charge in [0.2, 0.25) is 0 Å². The molecule has 4 rings (SSSR count). The van der Waals surface area contributed by atoms with E-state index in [2.05, 4.69) is 30.7 Å². The number of phenolic OH excluding ortho intramolecular Hbond substituents is 1. The Morgan fingerprint density at radius 2 is 1.94 bits per heavy atom. The monoisotopic (exact) mass is 445 g/mol. The zero-order valence-corrected chi connectivity index (χ0v) is 17.5. The summed E-state index contributed by atoms with van der Waals surface area (Å²) in [5.41, 5.74) is 7.45. The second-order valence-corrected chi connectivity index (χ2v) is 6.91. The Kier molecular flexibility index (Phi) is 7.27. The SMILES string of the molecule is Cl.NC(=O)C1=C(NCc2ccc(O)cc2)N=NC1Nc1ccc(N2CCOCC2)nc1. The molecule has 5 N–H and O–H groups in total. The minimum atomic E-state index is -0.694. The molecule has 1 aromatic carbocycles. The summed E-state index contributed by atoms with van der Waals surface area (Å²) in [5, 5.41) is 23.8. The van der Waals surface area contributed by atoms with Crippen LogP contribution in [0, 0.1) is 0 Å². The Morgan fingerprint density at radius 1 is 1.19 bits per heavy atom. The molecule has 3 heterocycles. The Bertz CT molecular complexity index is 958. The van der Waals surface area contributed by atoms with Gasteiger partial charge in [-0.05, 0) is 29.8 Å². The predicted octanol–water partition coefficient (Wildman–Crippen LogP) is 1.74. The van der Waals surface area contributed by atoms with Crippen LogP contribution in [0.1, 0.15) is 5.56 Å². The lowest BCUT2D eigenvalue weighted by Crippen LogP contribution is -2.36. The van der Waals surface area contributed by atoms with Crippen molar-refractivity contribution in [3.63, 3.8) is 0 Å². The van der Waals surface area contributed by atoms with E-state index in [0.29, 0.717) is 31.3 Å². The second-order valence-electron chi connectivity index (χ2n) is 6.91. The van der Waals surface area contributed by atoms with E-state index in [-0.39, 0.29) is 23.7 Å². The fourth-order valence-corrected chi connectivity index (χ4v) is 3.25. The summed E-state index contributed by atoms with van der Waals surface area (Å²) < 4.78 is 5.36. The number of hydrogen-bond acceptors (Lipinski definition) is 9. The first-order valence-corrected chi connectivity index (χ1v) is 9.62. The lowest BCUT2D eigenvalue weighted by molar-refractivity contribution is -0.114. The van der Waals surface area contributed by atoms with Crippen molar-refractivity contribution in [2.24, 2.45) is 16.0 Å². The molecule has 0 saturated carbocycles. The lowest BCUT2D eigenvalue weighted by Gasteiger charge is -2.27. The summed E-state index contributed by atoms with van der Waals surface area (Å²) in [6.07, 6.45) is 1.00. The van der Waals surface area contributed by atoms with Gasteiger partial charge in [0.1, 0.15) is 17.1 Å². The number of carbonyl (C=O) groups excluding carboxylic acids is 1. The van der Waals surface area contributed by atoms with Crippen LogP contribution < -0.4 is 21.3 Å². The number of nitrogens with zero attached hydrogens (tertiary/aromatic N) is 4. The average molecular weight is 446 g/mol. The first-order valence-electron chi connectivity index (χ1n) is 9.62. The smallest absolute Gasteiger partial charge is 0.252 e. The highest BCUT2D eigenvalue weighted by molar-refractivity contribution is 5.94. The number of anilines is 2. The molecular formula is C20H24ClN7O3. The number of aromatic nitrogens is 1. The summed E-state index contributed by atoms with van der Waals surface area (Å²) in [7, 11) is 0. The maximum absolute atomic E-state index is 12.0. The molecule has 10 nitrogen and oxygen atoms in total. The van der Waals surface area contributed by atoms with Gasteiger partial charge in [0.15, 0.2) is 12.0 Å². The van der Waals surface area contributed by atoms with Gasteiger partial charge in [0.25, 0.3) is 5.91 Å². The van der Waals surface area contributed by atoms with Gasteiger partial charge in [-0.1, -0.05) is 12.1 Å². The van der Waals surface area contributed by atoms with E-state index in [1.807, 2.05) is 12.1 Å². The molecule has 1 saturated heterocycles. The standard InChI is InChI=1S/C20H23N7O3.ClH/c21-18(29)17-19(23-11-13-1-4-15(28)5-2-13)25-26-20(17)24-14-3-6-16(22-12-14)27-7-9-30-10-8-27;/h1-6,12,20,23-24,28H,7-11H2,(H2,21,29);1H. The van der Waals surface area contributed by atoms with Crippen molar-refractivity contribution in [3.8, 4) is 5.75 Å². The number of benzene rings is 1. The molecule has 0 spiro atoms. The number of nitrogens with two attached hydrogens (primary N) is 1. The zero-order valence-electron chi connectivity index (χ0n) is 16.7. The van der Waals surface area contributed by atoms with Crippen molar-refractivity contribution in [2.45, 2.75) is 12.7 Å². The number of pyridine rings is 1. The number of carbonyl (C=O) groups is 1. The molecular weight excluding hydrogens is 422 g/mol. The third-order valence-corrected chi connectivity index (χ3v) is 4.85. The molecule has 0 aliphatic carbocycles.